The van der Waals surface area contributed by atoms with Crippen molar-refractivity contribution in [3.8, 4) is 0 Å². The van der Waals surface area contributed by atoms with Gasteiger partial charge in [-0.05, 0) is 19.9 Å². The minimum atomic E-state index is 0.756. The smallest absolute Gasteiger partial charge is 0.0192 e. The molecule has 1 aliphatic heterocycles. The molecule has 1 heterocycles. The molecule has 1 aliphatic rings. The predicted octanol–water partition coefficient (Wildman–Crippen LogP) is 2.63. The summed E-state index contributed by atoms with van der Waals surface area (Å²) in [6, 6.07) is 1.51. The maximum Gasteiger partial charge on any atom is 0.0192 e. The summed E-state index contributed by atoms with van der Waals surface area (Å²) in [5.41, 5.74) is 0. The van der Waals surface area contributed by atoms with Crippen LogP contribution in [0.15, 0.2) is 0 Å². The lowest BCUT2D eigenvalue weighted by atomic mass is 9.99. The summed E-state index contributed by atoms with van der Waals surface area (Å²) in [6.07, 6.45) is 4.09. The average molecular weight is 285 g/mol. The lowest BCUT2D eigenvalue weighted by Gasteiger charge is -2.37. The highest BCUT2D eigenvalue weighted by Gasteiger charge is 2.25. The molecule has 0 aromatic rings. The van der Waals surface area contributed by atoms with Crippen LogP contribution in [0.5, 0.6) is 0 Å². The first-order valence-electron chi connectivity index (χ1n) is 4.13. The van der Waals surface area contributed by atoms with Crippen LogP contribution in [0.4, 0.5) is 0 Å². The van der Waals surface area contributed by atoms with E-state index in [1.807, 2.05) is 0 Å². The molecule has 2 atom stereocenters. The monoisotopic (exact) mass is 283 g/mol. The molecule has 0 spiro atoms. The molecule has 0 bridgehead atoms. The standard InChI is InChI=1S/C8H15Br2N/c1-11-7(5-9)3-2-4-8(11)6-10/h7-8H,2-6H2,1H3/t7-,8+. The maximum absolute atomic E-state index is 3.55. The van der Waals surface area contributed by atoms with E-state index in [4.69, 9.17) is 0 Å². The van der Waals surface area contributed by atoms with Crippen LogP contribution in [-0.2, 0) is 0 Å². The highest BCUT2D eigenvalue weighted by atomic mass is 79.9. The van der Waals surface area contributed by atoms with Gasteiger partial charge in [-0.2, -0.15) is 0 Å². The maximum atomic E-state index is 3.55. The first kappa shape index (κ1) is 10.0. The quantitative estimate of drug-likeness (QED) is 0.705. The summed E-state index contributed by atoms with van der Waals surface area (Å²) >= 11 is 7.10. The molecule has 0 amide bonds. The fourth-order valence-electron chi connectivity index (χ4n) is 1.67. The van der Waals surface area contributed by atoms with Crippen LogP contribution in [0.1, 0.15) is 19.3 Å². The molecule has 0 saturated carbocycles. The van der Waals surface area contributed by atoms with Crippen LogP contribution in [0.2, 0.25) is 0 Å². The SMILES string of the molecule is CN1[C@H](CBr)CCC[C@@H]1CBr. The Bertz CT molecular complexity index is 107. The Morgan fingerprint density at radius 1 is 1.18 bits per heavy atom. The number of hydrogen-bond donors (Lipinski definition) is 0. The fourth-order valence-corrected chi connectivity index (χ4v) is 3.23. The van der Waals surface area contributed by atoms with Crippen LogP contribution >= 0.6 is 31.9 Å². The second kappa shape index (κ2) is 4.83. The van der Waals surface area contributed by atoms with E-state index in [2.05, 4.69) is 43.8 Å². The van der Waals surface area contributed by atoms with Crippen LogP contribution in [-0.4, -0.2) is 34.7 Å². The number of likely N-dealkylation sites (tertiary alicyclic amines) is 1. The largest absolute Gasteiger partial charge is 0.299 e. The summed E-state index contributed by atoms with van der Waals surface area (Å²) in [5.74, 6) is 0. The minimum absolute atomic E-state index is 0.756. The molecule has 1 rings (SSSR count). The van der Waals surface area contributed by atoms with Gasteiger partial charge in [-0.1, -0.05) is 38.3 Å². The number of nitrogens with zero attached hydrogens (tertiary/aromatic N) is 1. The second-order valence-electron chi connectivity index (χ2n) is 3.21. The van der Waals surface area contributed by atoms with Gasteiger partial charge in [0.05, 0.1) is 0 Å². The molecule has 66 valence electrons. The van der Waals surface area contributed by atoms with Crippen LogP contribution in [0.25, 0.3) is 0 Å². The molecule has 0 aromatic carbocycles. The van der Waals surface area contributed by atoms with Crippen LogP contribution < -0.4 is 0 Å². The third kappa shape index (κ3) is 2.43. The number of alkyl halides is 2. The van der Waals surface area contributed by atoms with Gasteiger partial charge in [-0.15, -0.1) is 0 Å². The molecule has 11 heavy (non-hydrogen) atoms. The van der Waals surface area contributed by atoms with Crippen molar-refractivity contribution < 1.29 is 0 Å². The number of piperidine rings is 1. The average Bonchev–Trinajstić information content (AvgIpc) is 2.05. The Morgan fingerprint density at radius 2 is 1.64 bits per heavy atom. The second-order valence-corrected chi connectivity index (χ2v) is 4.51. The fraction of sp³-hybridized carbons (Fsp3) is 1.00. The number of hydrogen-bond acceptors (Lipinski definition) is 1. The summed E-state index contributed by atoms with van der Waals surface area (Å²) in [6.45, 7) is 0. The van der Waals surface area contributed by atoms with E-state index in [1.165, 1.54) is 19.3 Å². The van der Waals surface area contributed by atoms with E-state index >= 15 is 0 Å². The van der Waals surface area contributed by atoms with Gasteiger partial charge in [0, 0.05) is 22.7 Å². The van der Waals surface area contributed by atoms with Crippen molar-refractivity contribution in [2.24, 2.45) is 0 Å². The van der Waals surface area contributed by atoms with E-state index < -0.39 is 0 Å². The lowest BCUT2D eigenvalue weighted by Crippen LogP contribution is -2.45. The van der Waals surface area contributed by atoms with Gasteiger partial charge in [0.1, 0.15) is 0 Å². The Morgan fingerprint density at radius 3 is 2.00 bits per heavy atom. The number of rotatable bonds is 2. The van der Waals surface area contributed by atoms with E-state index in [1.54, 1.807) is 0 Å². The van der Waals surface area contributed by atoms with Crippen molar-refractivity contribution in [1.29, 1.82) is 0 Å². The van der Waals surface area contributed by atoms with Crippen molar-refractivity contribution in [1.82, 2.24) is 4.90 Å². The van der Waals surface area contributed by atoms with E-state index in [0.717, 1.165) is 22.7 Å². The highest BCUT2D eigenvalue weighted by molar-refractivity contribution is 9.09. The molecule has 0 N–H and O–H groups in total. The summed E-state index contributed by atoms with van der Waals surface area (Å²) in [4.78, 5) is 2.49. The Balaban J connectivity index is 2.45. The van der Waals surface area contributed by atoms with Crippen LogP contribution in [0, 0.1) is 0 Å². The summed E-state index contributed by atoms with van der Waals surface area (Å²) in [7, 11) is 2.23. The number of halogens is 2. The van der Waals surface area contributed by atoms with Crippen molar-refractivity contribution >= 4 is 31.9 Å². The van der Waals surface area contributed by atoms with Crippen molar-refractivity contribution in [2.45, 2.75) is 31.3 Å². The minimum Gasteiger partial charge on any atom is -0.299 e. The zero-order chi connectivity index (χ0) is 8.27. The van der Waals surface area contributed by atoms with Gasteiger partial charge in [0.25, 0.3) is 0 Å². The molecule has 1 fully saturated rings. The molecule has 0 radical (unpaired) electrons. The lowest BCUT2D eigenvalue weighted by molar-refractivity contribution is 0.145. The highest BCUT2D eigenvalue weighted by Crippen LogP contribution is 2.23. The zero-order valence-corrected chi connectivity index (χ0v) is 10.1. The molecular weight excluding hydrogens is 270 g/mol. The van der Waals surface area contributed by atoms with Gasteiger partial charge < -0.3 is 0 Å². The molecule has 3 heteroatoms. The molecule has 1 nitrogen and oxygen atoms in total. The van der Waals surface area contributed by atoms with E-state index in [-0.39, 0.29) is 0 Å². The molecule has 0 aliphatic carbocycles. The molecule has 0 unspecified atom stereocenters. The van der Waals surface area contributed by atoms with Gasteiger partial charge in [0.15, 0.2) is 0 Å². The third-order valence-electron chi connectivity index (χ3n) is 2.58. The molecular formula is C8H15Br2N. The third-order valence-corrected chi connectivity index (χ3v) is 4.08. The first-order chi connectivity index (χ1) is 5.29. The van der Waals surface area contributed by atoms with Gasteiger partial charge >= 0.3 is 0 Å². The normalized spacial score (nSPS) is 34.1. The Labute approximate surface area is 85.8 Å². The zero-order valence-electron chi connectivity index (χ0n) is 6.89. The Kier molecular flexibility index (Phi) is 4.39. The van der Waals surface area contributed by atoms with Gasteiger partial charge in [0.2, 0.25) is 0 Å². The van der Waals surface area contributed by atoms with Crippen LogP contribution in [0.3, 0.4) is 0 Å². The molecule has 1 saturated heterocycles. The summed E-state index contributed by atoms with van der Waals surface area (Å²) < 4.78 is 0. The predicted molar refractivity (Wildman–Crippen MR) is 56.8 cm³/mol. The van der Waals surface area contributed by atoms with E-state index in [9.17, 15) is 0 Å². The van der Waals surface area contributed by atoms with Crippen molar-refractivity contribution in [3.63, 3.8) is 0 Å². The Hall–Kier alpha value is 0.920. The van der Waals surface area contributed by atoms with E-state index in [0.29, 0.717) is 0 Å². The van der Waals surface area contributed by atoms with Crippen molar-refractivity contribution in [2.75, 3.05) is 17.7 Å². The molecule has 0 aromatic heterocycles. The summed E-state index contributed by atoms with van der Waals surface area (Å²) in [5, 5.41) is 2.24. The van der Waals surface area contributed by atoms with Crippen molar-refractivity contribution in [3.05, 3.63) is 0 Å². The topological polar surface area (TPSA) is 3.24 Å². The first-order valence-corrected chi connectivity index (χ1v) is 6.37. The van der Waals surface area contributed by atoms with Gasteiger partial charge in [-0.25, -0.2) is 0 Å². The van der Waals surface area contributed by atoms with Gasteiger partial charge in [-0.3, -0.25) is 4.90 Å².